The minimum Gasteiger partial charge on any atom is -0.493 e. The summed E-state index contributed by atoms with van der Waals surface area (Å²) >= 11 is 0. The van der Waals surface area contributed by atoms with Crippen molar-refractivity contribution in [2.24, 2.45) is 0 Å². The monoisotopic (exact) mass is 448 g/mol. The van der Waals surface area contributed by atoms with E-state index in [9.17, 15) is 4.79 Å². The van der Waals surface area contributed by atoms with Crippen molar-refractivity contribution in [1.82, 2.24) is 4.98 Å². The largest absolute Gasteiger partial charge is 0.493 e. The molecule has 2 aromatic carbocycles. The molecule has 0 bridgehead atoms. The number of aromatic nitrogens is 1. The molecule has 3 rings (SSSR count). The maximum absolute atomic E-state index is 13.3. The van der Waals surface area contributed by atoms with E-state index >= 15 is 0 Å². The molecule has 6 heteroatoms. The molecule has 6 nitrogen and oxygen atoms in total. The number of ether oxygens (including phenoxy) is 3. The van der Waals surface area contributed by atoms with Crippen LogP contribution in [0.3, 0.4) is 0 Å². The van der Waals surface area contributed by atoms with E-state index in [1.807, 2.05) is 52.0 Å². The highest BCUT2D eigenvalue weighted by Crippen LogP contribution is 2.34. The molecule has 0 radical (unpaired) electrons. The number of carbonyl (C=O) groups excluding carboxylic acids is 1. The minimum atomic E-state index is -0.649. The highest BCUT2D eigenvalue weighted by molar-refractivity contribution is 5.89. The molecule has 0 fully saturated rings. The second-order valence-electron chi connectivity index (χ2n) is 8.93. The summed E-state index contributed by atoms with van der Waals surface area (Å²) in [7, 11) is 3.13. The van der Waals surface area contributed by atoms with Gasteiger partial charge in [-0.05, 0) is 69.0 Å². The lowest BCUT2D eigenvalue weighted by atomic mass is 9.98. The molecule has 33 heavy (non-hydrogen) atoms. The van der Waals surface area contributed by atoms with E-state index in [1.54, 1.807) is 31.4 Å². The van der Waals surface area contributed by atoms with Crippen molar-refractivity contribution < 1.29 is 19.0 Å². The van der Waals surface area contributed by atoms with Gasteiger partial charge in [0.25, 0.3) is 0 Å². The lowest BCUT2D eigenvalue weighted by Crippen LogP contribution is -2.37. The van der Waals surface area contributed by atoms with Crippen molar-refractivity contribution in [2.75, 3.05) is 19.1 Å². The first kappa shape index (κ1) is 24.1. The fourth-order valence-electron chi connectivity index (χ4n) is 3.66. The number of hydrogen-bond donors (Lipinski definition) is 0. The SMILES string of the molecule is COc1ccnc(CN(C(=O)OC(C)(C)C)c2cc(C)cc(-c3ccccc3C)c2)c1OC. The molecule has 0 aliphatic heterocycles. The smallest absolute Gasteiger partial charge is 0.415 e. The number of anilines is 1. The molecular weight excluding hydrogens is 416 g/mol. The van der Waals surface area contributed by atoms with Gasteiger partial charge in [-0.2, -0.15) is 0 Å². The van der Waals surface area contributed by atoms with E-state index in [4.69, 9.17) is 14.2 Å². The van der Waals surface area contributed by atoms with Crippen molar-refractivity contribution in [1.29, 1.82) is 0 Å². The summed E-state index contributed by atoms with van der Waals surface area (Å²) in [5, 5.41) is 0. The van der Waals surface area contributed by atoms with Crippen LogP contribution in [0.5, 0.6) is 11.5 Å². The van der Waals surface area contributed by atoms with E-state index in [0.717, 1.165) is 22.3 Å². The molecule has 0 saturated carbocycles. The first-order valence-corrected chi connectivity index (χ1v) is 10.9. The zero-order valence-corrected chi connectivity index (χ0v) is 20.4. The van der Waals surface area contributed by atoms with Gasteiger partial charge in [0.2, 0.25) is 0 Å². The van der Waals surface area contributed by atoms with Gasteiger partial charge in [-0.25, -0.2) is 4.79 Å². The highest BCUT2D eigenvalue weighted by Gasteiger charge is 2.26. The van der Waals surface area contributed by atoms with Crippen molar-refractivity contribution in [2.45, 2.75) is 46.8 Å². The number of aryl methyl sites for hydroxylation is 2. The number of hydrogen-bond acceptors (Lipinski definition) is 5. The van der Waals surface area contributed by atoms with Crippen LogP contribution in [-0.4, -0.2) is 30.9 Å². The molecule has 0 spiro atoms. The summed E-state index contributed by atoms with van der Waals surface area (Å²) in [5.74, 6) is 1.04. The van der Waals surface area contributed by atoms with Gasteiger partial charge >= 0.3 is 6.09 Å². The fraction of sp³-hybridized carbons (Fsp3) is 0.333. The third-order valence-corrected chi connectivity index (χ3v) is 5.12. The lowest BCUT2D eigenvalue weighted by molar-refractivity contribution is 0.0577. The van der Waals surface area contributed by atoms with Crippen LogP contribution in [0.4, 0.5) is 10.5 Å². The number of benzene rings is 2. The Morgan fingerprint density at radius 1 is 1.00 bits per heavy atom. The van der Waals surface area contributed by atoms with Gasteiger partial charge in [0.05, 0.1) is 20.8 Å². The molecule has 3 aromatic rings. The van der Waals surface area contributed by atoms with Crippen molar-refractivity contribution in [3.8, 4) is 22.6 Å². The van der Waals surface area contributed by atoms with E-state index < -0.39 is 11.7 Å². The molecule has 0 aliphatic carbocycles. The maximum atomic E-state index is 13.3. The first-order valence-electron chi connectivity index (χ1n) is 10.9. The van der Waals surface area contributed by atoms with Crippen LogP contribution < -0.4 is 14.4 Å². The van der Waals surface area contributed by atoms with E-state index in [-0.39, 0.29) is 6.54 Å². The maximum Gasteiger partial charge on any atom is 0.415 e. The van der Waals surface area contributed by atoms with Crippen LogP contribution in [0.15, 0.2) is 54.7 Å². The Morgan fingerprint density at radius 2 is 1.73 bits per heavy atom. The van der Waals surface area contributed by atoms with Crippen LogP contribution in [0.25, 0.3) is 11.1 Å². The Balaban J connectivity index is 2.11. The Bertz CT molecular complexity index is 1140. The average Bonchev–Trinajstić information content (AvgIpc) is 2.75. The van der Waals surface area contributed by atoms with Crippen molar-refractivity contribution in [3.05, 3.63) is 71.5 Å². The van der Waals surface area contributed by atoms with Gasteiger partial charge in [0.15, 0.2) is 11.5 Å². The summed E-state index contributed by atoms with van der Waals surface area (Å²) in [6.45, 7) is 9.80. The summed E-state index contributed by atoms with van der Waals surface area (Å²) in [4.78, 5) is 19.4. The normalized spacial score (nSPS) is 11.1. The first-order chi connectivity index (χ1) is 15.6. The number of amides is 1. The van der Waals surface area contributed by atoms with Gasteiger partial charge in [-0.1, -0.05) is 30.3 Å². The van der Waals surface area contributed by atoms with Crippen LogP contribution in [-0.2, 0) is 11.3 Å². The summed E-state index contributed by atoms with van der Waals surface area (Å²) in [5.41, 5.74) is 4.98. The zero-order valence-electron chi connectivity index (χ0n) is 20.4. The molecule has 174 valence electrons. The summed E-state index contributed by atoms with van der Waals surface area (Å²) < 4.78 is 16.7. The average molecular weight is 449 g/mol. The van der Waals surface area contributed by atoms with Crippen LogP contribution in [0.1, 0.15) is 37.6 Å². The Hall–Kier alpha value is -3.54. The number of nitrogens with zero attached hydrogens (tertiary/aromatic N) is 2. The van der Waals surface area contributed by atoms with Gasteiger partial charge in [0, 0.05) is 18.0 Å². The molecule has 0 saturated heterocycles. The Kier molecular flexibility index (Phi) is 7.26. The number of carbonyl (C=O) groups is 1. The molecule has 0 unspecified atom stereocenters. The summed E-state index contributed by atoms with van der Waals surface area (Å²) in [6, 6.07) is 16.0. The second-order valence-corrected chi connectivity index (χ2v) is 8.93. The Morgan fingerprint density at radius 3 is 2.36 bits per heavy atom. The molecule has 0 N–H and O–H groups in total. The van der Waals surface area contributed by atoms with Crippen LogP contribution in [0, 0.1) is 13.8 Å². The standard InChI is InChI=1S/C27H32N2O4/c1-18-14-20(22-11-9-8-10-19(22)2)16-21(15-18)29(26(30)33-27(3,4)5)17-23-25(32-7)24(31-6)12-13-28-23/h8-16H,17H2,1-7H3. The molecule has 0 aliphatic rings. The van der Waals surface area contributed by atoms with Crippen LogP contribution >= 0.6 is 0 Å². The number of methoxy groups -OCH3 is 2. The highest BCUT2D eigenvalue weighted by atomic mass is 16.6. The Labute approximate surface area is 196 Å². The van der Waals surface area contributed by atoms with Gasteiger partial charge in [-0.3, -0.25) is 9.88 Å². The van der Waals surface area contributed by atoms with Crippen molar-refractivity contribution in [3.63, 3.8) is 0 Å². The fourth-order valence-corrected chi connectivity index (χ4v) is 3.66. The minimum absolute atomic E-state index is 0.159. The topological polar surface area (TPSA) is 60.9 Å². The van der Waals surface area contributed by atoms with E-state index in [1.165, 1.54) is 0 Å². The number of pyridine rings is 1. The number of rotatable bonds is 6. The predicted octanol–water partition coefficient (Wildman–Crippen LogP) is 6.32. The van der Waals surface area contributed by atoms with E-state index in [0.29, 0.717) is 22.9 Å². The molecular formula is C27H32N2O4. The second kappa shape index (κ2) is 9.94. The molecule has 1 amide bonds. The quantitative estimate of drug-likeness (QED) is 0.441. The predicted molar refractivity (Wildman–Crippen MR) is 131 cm³/mol. The molecule has 0 atom stereocenters. The van der Waals surface area contributed by atoms with E-state index in [2.05, 4.69) is 30.1 Å². The van der Waals surface area contributed by atoms with Crippen LogP contribution in [0.2, 0.25) is 0 Å². The van der Waals surface area contributed by atoms with Gasteiger partial charge < -0.3 is 14.2 Å². The van der Waals surface area contributed by atoms with Crippen molar-refractivity contribution >= 4 is 11.8 Å². The third kappa shape index (κ3) is 5.83. The zero-order chi connectivity index (χ0) is 24.2. The molecule has 1 aromatic heterocycles. The lowest BCUT2D eigenvalue weighted by Gasteiger charge is -2.28. The summed E-state index contributed by atoms with van der Waals surface area (Å²) in [6.07, 6.45) is 1.18. The van der Waals surface area contributed by atoms with Gasteiger partial charge in [0.1, 0.15) is 11.3 Å². The molecule has 1 heterocycles. The third-order valence-electron chi connectivity index (χ3n) is 5.12. The van der Waals surface area contributed by atoms with Gasteiger partial charge in [-0.15, -0.1) is 0 Å².